The van der Waals surface area contributed by atoms with Gasteiger partial charge >= 0.3 is 0 Å². The molecule has 1 aromatic carbocycles. The molecule has 0 atom stereocenters. The number of nitrogens with zero attached hydrogens (tertiary/aromatic N) is 1. The maximum Gasteiger partial charge on any atom is 0.126 e. The Labute approximate surface area is 131 Å². The second-order valence-corrected chi connectivity index (χ2v) is 8.34. The summed E-state index contributed by atoms with van der Waals surface area (Å²) in [4.78, 5) is 2.15. The van der Waals surface area contributed by atoms with Crippen LogP contribution < -0.4 is 4.74 Å². The number of benzene rings is 1. The van der Waals surface area contributed by atoms with Gasteiger partial charge in [-0.15, -0.1) is 0 Å². The summed E-state index contributed by atoms with van der Waals surface area (Å²) in [6, 6.07) is 4.56. The maximum atomic E-state index is 6.25. The average Bonchev–Trinajstić information content (AvgIpc) is 2.27. The highest BCUT2D eigenvalue weighted by molar-refractivity contribution is 5.50. The van der Waals surface area contributed by atoms with Crippen LogP contribution in [-0.4, -0.2) is 32.1 Å². The van der Waals surface area contributed by atoms with Crippen molar-refractivity contribution in [2.24, 2.45) is 0 Å². The minimum atomic E-state index is 0.0828. The molecule has 0 radical (unpaired) electrons. The Balaban J connectivity index is 3.33. The van der Waals surface area contributed by atoms with E-state index in [4.69, 9.17) is 4.74 Å². The van der Waals surface area contributed by atoms with Gasteiger partial charge in [-0.3, -0.25) is 0 Å². The van der Waals surface area contributed by atoms with Crippen molar-refractivity contribution in [3.8, 4) is 5.75 Å². The van der Waals surface area contributed by atoms with Gasteiger partial charge in [0.1, 0.15) is 12.4 Å². The molecule has 0 saturated carbocycles. The summed E-state index contributed by atoms with van der Waals surface area (Å²) in [5, 5.41) is 0. The summed E-state index contributed by atoms with van der Waals surface area (Å²) in [5.74, 6) is 1.09. The van der Waals surface area contributed by atoms with Gasteiger partial charge in [0.05, 0.1) is 0 Å². The van der Waals surface area contributed by atoms with E-state index >= 15 is 0 Å². The lowest BCUT2D eigenvalue weighted by atomic mass is 9.78. The van der Waals surface area contributed by atoms with Crippen molar-refractivity contribution in [2.75, 3.05) is 27.2 Å². The number of hydrogen-bond acceptors (Lipinski definition) is 2. The molecule has 0 aromatic heterocycles. The molecular weight excluding hydrogens is 258 g/mol. The number of hydrogen-bond donors (Lipinski definition) is 0. The van der Waals surface area contributed by atoms with Crippen molar-refractivity contribution in [3.05, 3.63) is 28.8 Å². The average molecular weight is 291 g/mol. The third-order valence-corrected chi connectivity index (χ3v) is 3.63. The summed E-state index contributed by atoms with van der Waals surface area (Å²) >= 11 is 0. The summed E-state index contributed by atoms with van der Waals surface area (Å²) in [6.45, 7) is 17.4. The molecule has 0 aliphatic carbocycles. The number of rotatable bonds is 4. The summed E-state index contributed by atoms with van der Waals surface area (Å²) in [5.41, 5.74) is 4.10. The van der Waals surface area contributed by atoms with Crippen LogP contribution in [-0.2, 0) is 10.8 Å². The van der Waals surface area contributed by atoms with E-state index in [2.05, 4.69) is 79.6 Å². The monoisotopic (exact) mass is 291 g/mol. The highest BCUT2D eigenvalue weighted by Crippen LogP contribution is 2.40. The van der Waals surface area contributed by atoms with Crippen molar-refractivity contribution in [1.82, 2.24) is 4.90 Å². The van der Waals surface area contributed by atoms with E-state index in [9.17, 15) is 0 Å². The van der Waals surface area contributed by atoms with Gasteiger partial charge in [0.15, 0.2) is 0 Å². The minimum absolute atomic E-state index is 0.0828. The van der Waals surface area contributed by atoms with E-state index in [1.807, 2.05) is 0 Å². The summed E-state index contributed by atoms with van der Waals surface area (Å²) < 4.78 is 6.25. The van der Waals surface area contributed by atoms with Crippen molar-refractivity contribution in [2.45, 2.75) is 59.3 Å². The van der Waals surface area contributed by atoms with E-state index in [-0.39, 0.29) is 10.8 Å². The third kappa shape index (κ3) is 5.03. The molecule has 0 N–H and O–H groups in total. The molecule has 0 bridgehead atoms. The van der Waals surface area contributed by atoms with Gasteiger partial charge in [-0.1, -0.05) is 59.2 Å². The predicted octanol–water partition coefficient (Wildman–Crippen LogP) is 4.53. The molecule has 1 aromatic rings. The third-order valence-electron chi connectivity index (χ3n) is 3.63. The van der Waals surface area contributed by atoms with Crippen LogP contribution >= 0.6 is 0 Å². The van der Waals surface area contributed by atoms with Crippen LogP contribution in [0.4, 0.5) is 0 Å². The Morgan fingerprint density at radius 1 is 0.905 bits per heavy atom. The lowest BCUT2D eigenvalue weighted by Crippen LogP contribution is -2.24. The minimum Gasteiger partial charge on any atom is -0.492 e. The van der Waals surface area contributed by atoms with Crippen molar-refractivity contribution < 1.29 is 4.74 Å². The molecule has 0 heterocycles. The SMILES string of the molecule is Cc1cc(C(C)(C)C)c(OCCN(C)C)c(C(C)(C)C)c1. The molecule has 0 fully saturated rings. The lowest BCUT2D eigenvalue weighted by molar-refractivity contribution is 0.252. The van der Waals surface area contributed by atoms with Gasteiger partial charge in [-0.2, -0.15) is 0 Å². The van der Waals surface area contributed by atoms with Crippen LogP contribution in [0.5, 0.6) is 5.75 Å². The van der Waals surface area contributed by atoms with Gasteiger partial charge in [0.25, 0.3) is 0 Å². The number of ether oxygens (including phenoxy) is 1. The Hall–Kier alpha value is -1.02. The Kier molecular flexibility index (Phi) is 5.49. The van der Waals surface area contributed by atoms with Crippen LogP contribution in [0.15, 0.2) is 12.1 Å². The van der Waals surface area contributed by atoms with Crippen molar-refractivity contribution >= 4 is 0 Å². The highest BCUT2D eigenvalue weighted by Gasteiger charge is 2.27. The quantitative estimate of drug-likeness (QED) is 0.808. The molecule has 2 nitrogen and oxygen atoms in total. The van der Waals surface area contributed by atoms with Crippen LogP contribution in [0.25, 0.3) is 0 Å². The van der Waals surface area contributed by atoms with E-state index in [1.54, 1.807) is 0 Å². The Morgan fingerprint density at radius 3 is 1.67 bits per heavy atom. The van der Waals surface area contributed by atoms with Crippen LogP contribution in [0.2, 0.25) is 0 Å². The molecule has 1 rings (SSSR count). The molecule has 120 valence electrons. The molecule has 21 heavy (non-hydrogen) atoms. The first-order chi connectivity index (χ1) is 9.43. The fourth-order valence-corrected chi connectivity index (χ4v) is 2.37. The van der Waals surface area contributed by atoms with Crippen molar-refractivity contribution in [3.63, 3.8) is 0 Å². The van der Waals surface area contributed by atoms with Gasteiger partial charge in [-0.05, 0) is 31.8 Å². The molecule has 0 spiro atoms. The first kappa shape index (κ1) is 18.0. The number of likely N-dealkylation sites (N-methyl/N-ethyl adjacent to an activating group) is 1. The first-order valence-corrected chi connectivity index (χ1v) is 7.86. The predicted molar refractivity (Wildman–Crippen MR) is 92.6 cm³/mol. The molecule has 2 heteroatoms. The molecule has 0 saturated heterocycles. The largest absolute Gasteiger partial charge is 0.492 e. The fraction of sp³-hybridized carbons (Fsp3) is 0.684. The number of aryl methyl sites for hydroxylation is 1. The van der Waals surface area contributed by atoms with Crippen molar-refractivity contribution in [1.29, 1.82) is 0 Å². The van der Waals surface area contributed by atoms with E-state index in [0.29, 0.717) is 0 Å². The van der Waals surface area contributed by atoms with Crippen LogP contribution in [0.3, 0.4) is 0 Å². The van der Waals surface area contributed by atoms with Gasteiger partial charge in [0, 0.05) is 17.7 Å². The Morgan fingerprint density at radius 2 is 1.33 bits per heavy atom. The topological polar surface area (TPSA) is 12.5 Å². The zero-order valence-electron chi connectivity index (χ0n) is 15.4. The molecule has 0 amide bonds. The summed E-state index contributed by atoms with van der Waals surface area (Å²) in [6.07, 6.45) is 0. The van der Waals surface area contributed by atoms with Crippen LogP contribution in [0.1, 0.15) is 58.2 Å². The zero-order valence-corrected chi connectivity index (χ0v) is 15.4. The van der Waals surface area contributed by atoms with E-state index in [0.717, 1.165) is 18.9 Å². The molecular formula is C19H33NO. The van der Waals surface area contributed by atoms with Crippen LogP contribution in [0, 0.1) is 6.92 Å². The molecule has 0 aliphatic heterocycles. The highest BCUT2D eigenvalue weighted by atomic mass is 16.5. The van der Waals surface area contributed by atoms with E-state index < -0.39 is 0 Å². The Bertz CT molecular complexity index is 440. The normalized spacial score (nSPS) is 12.9. The zero-order chi connectivity index (χ0) is 16.4. The standard InChI is InChI=1S/C19H33NO/c1-14-12-15(18(2,3)4)17(21-11-10-20(8)9)16(13-14)19(5,6)7/h12-13H,10-11H2,1-9H3. The first-order valence-electron chi connectivity index (χ1n) is 7.86. The smallest absolute Gasteiger partial charge is 0.126 e. The van der Waals surface area contributed by atoms with E-state index in [1.165, 1.54) is 16.7 Å². The van der Waals surface area contributed by atoms with Gasteiger partial charge in [0.2, 0.25) is 0 Å². The lowest BCUT2D eigenvalue weighted by Gasteiger charge is -2.30. The summed E-state index contributed by atoms with van der Waals surface area (Å²) in [7, 11) is 4.15. The second-order valence-electron chi connectivity index (χ2n) is 8.34. The second kappa shape index (κ2) is 6.39. The molecule has 0 unspecified atom stereocenters. The fourth-order valence-electron chi connectivity index (χ4n) is 2.37. The van der Waals surface area contributed by atoms with Gasteiger partial charge < -0.3 is 9.64 Å². The maximum absolute atomic E-state index is 6.25. The molecule has 0 aliphatic rings. The van der Waals surface area contributed by atoms with Gasteiger partial charge in [-0.25, -0.2) is 0 Å².